The van der Waals surface area contributed by atoms with E-state index in [0.717, 1.165) is 5.52 Å². The van der Waals surface area contributed by atoms with Crippen LogP contribution in [0.15, 0.2) is 66.9 Å². The van der Waals surface area contributed by atoms with E-state index in [2.05, 4.69) is 88.2 Å². The maximum Gasteiger partial charge on any atom is 0.0823 e. The number of para-hydroxylation sites is 1. The normalized spacial score (nSPS) is 12.5. The van der Waals surface area contributed by atoms with Crippen molar-refractivity contribution in [1.82, 2.24) is 9.38 Å². The predicted octanol–water partition coefficient (Wildman–Crippen LogP) is 6.66. The van der Waals surface area contributed by atoms with Gasteiger partial charge in [0.25, 0.3) is 0 Å². The third-order valence-electron chi connectivity index (χ3n) is 6.76. The Morgan fingerprint density at radius 2 is 1.60 bits per heavy atom. The Kier molecular flexibility index (Phi) is 3.02. The van der Waals surface area contributed by atoms with Gasteiger partial charge in [0.2, 0.25) is 0 Å². The van der Waals surface area contributed by atoms with Crippen LogP contribution in [0, 0.1) is 13.8 Å². The summed E-state index contributed by atoms with van der Waals surface area (Å²) in [5.74, 6) is 0. The van der Waals surface area contributed by atoms with E-state index in [4.69, 9.17) is 4.98 Å². The zero-order valence-corrected chi connectivity index (χ0v) is 18.0. The van der Waals surface area contributed by atoms with Crippen molar-refractivity contribution in [2.24, 2.45) is 0 Å². The highest BCUT2D eigenvalue weighted by Gasteiger charge is 2.22. The summed E-state index contributed by atoms with van der Waals surface area (Å²) in [6.07, 6.45) is 1.95. The van der Waals surface area contributed by atoms with Crippen LogP contribution in [0.25, 0.3) is 59.8 Å². The molecule has 0 saturated carbocycles. The number of rotatable bonds is 0. The molecule has 1 unspecified atom stereocenters. The van der Waals surface area contributed by atoms with Gasteiger partial charge in [-0.3, -0.25) is 4.98 Å². The smallest absolute Gasteiger partial charge is 0.0823 e. The van der Waals surface area contributed by atoms with E-state index in [1.54, 1.807) is 0 Å². The fourth-order valence-electron chi connectivity index (χ4n) is 5.63. The molecule has 3 heteroatoms. The van der Waals surface area contributed by atoms with Crippen molar-refractivity contribution in [2.75, 3.05) is 0 Å². The van der Waals surface area contributed by atoms with Gasteiger partial charge in [0.05, 0.1) is 22.1 Å². The number of hydrogen-bond donors (Lipinski definition) is 0. The van der Waals surface area contributed by atoms with Crippen molar-refractivity contribution in [1.29, 1.82) is 0 Å². The summed E-state index contributed by atoms with van der Waals surface area (Å²) in [6.45, 7) is 4.48. The zero-order chi connectivity index (χ0) is 20.1. The van der Waals surface area contributed by atoms with Crippen LogP contribution in [0.3, 0.4) is 0 Å². The highest BCUT2D eigenvalue weighted by atomic mass is 31.0. The third kappa shape index (κ3) is 1.82. The summed E-state index contributed by atoms with van der Waals surface area (Å²) in [5, 5.41) is 10.2. The average Bonchev–Trinajstić information content (AvgIpc) is 3.09. The standard InChI is InChI=1S/C27H19N2P/c1-14-6-5-7-16-12-19-25-23-17(10-11-28-25)13-21(30)24-18-8-3-4-9-20(18)29(27(23)24)26(19)15(2)22(14)16/h3-13H,30H2,1-2H3. The minimum absolute atomic E-state index is 1.10. The van der Waals surface area contributed by atoms with Crippen molar-refractivity contribution in [3.63, 3.8) is 0 Å². The molecule has 0 aliphatic rings. The molecule has 3 heterocycles. The average molecular weight is 402 g/mol. The molecule has 0 N–H and O–H groups in total. The third-order valence-corrected chi connectivity index (χ3v) is 7.22. The topological polar surface area (TPSA) is 17.3 Å². The highest BCUT2D eigenvalue weighted by molar-refractivity contribution is 7.28. The van der Waals surface area contributed by atoms with Crippen LogP contribution in [0.4, 0.5) is 0 Å². The molecule has 0 amide bonds. The van der Waals surface area contributed by atoms with Gasteiger partial charge in [-0.1, -0.05) is 36.4 Å². The van der Waals surface area contributed by atoms with Gasteiger partial charge in [-0.15, -0.1) is 9.24 Å². The molecule has 142 valence electrons. The number of benzene rings is 4. The second-order valence-electron chi connectivity index (χ2n) is 8.37. The van der Waals surface area contributed by atoms with E-state index < -0.39 is 0 Å². The molecule has 0 aliphatic carbocycles. The molecule has 30 heavy (non-hydrogen) atoms. The first kappa shape index (κ1) is 16.6. The van der Waals surface area contributed by atoms with Crippen LogP contribution in [0.1, 0.15) is 11.1 Å². The van der Waals surface area contributed by atoms with Gasteiger partial charge in [-0.25, -0.2) is 0 Å². The van der Waals surface area contributed by atoms with Crippen LogP contribution in [-0.4, -0.2) is 9.38 Å². The zero-order valence-electron chi connectivity index (χ0n) is 16.8. The predicted molar refractivity (Wildman–Crippen MR) is 133 cm³/mol. The van der Waals surface area contributed by atoms with E-state index >= 15 is 0 Å². The molecule has 7 aromatic rings. The van der Waals surface area contributed by atoms with E-state index in [1.807, 2.05) is 6.20 Å². The fourth-order valence-corrected chi connectivity index (χ4v) is 6.10. The molecule has 0 saturated heterocycles. The van der Waals surface area contributed by atoms with Crippen LogP contribution in [0.2, 0.25) is 0 Å². The van der Waals surface area contributed by atoms with Crippen LogP contribution < -0.4 is 5.30 Å². The Morgan fingerprint density at radius 1 is 0.767 bits per heavy atom. The molecule has 0 radical (unpaired) electrons. The lowest BCUT2D eigenvalue weighted by molar-refractivity contribution is 1.31. The molecule has 3 aromatic heterocycles. The second kappa shape index (κ2) is 5.47. The second-order valence-corrected chi connectivity index (χ2v) is 8.99. The molecule has 0 bridgehead atoms. The minimum atomic E-state index is 1.10. The van der Waals surface area contributed by atoms with E-state index in [0.29, 0.717) is 0 Å². The number of hydrogen-bond acceptors (Lipinski definition) is 1. The Bertz CT molecular complexity index is 1820. The first-order chi connectivity index (χ1) is 14.6. The number of aromatic nitrogens is 2. The lowest BCUT2D eigenvalue weighted by Gasteiger charge is -2.17. The summed E-state index contributed by atoms with van der Waals surface area (Å²) < 4.78 is 2.49. The fraction of sp³-hybridized carbons (Fsp3) is 0.0741. The van der Waals surface area contributed by atoms with Crippen LogP contribution in [-0.2, 0) is 0 Å². The number of aryl methyl sites for hydroxylation is 2. The Labute approximate surface area is 175 Å². The summed E-state index contributed by atoms with van der Waals surface area (Å²) in [5.41, 5.74) is 7.55. The van der Waals surface area contributed by atoms with Crippen molar-refractivity contribution < 1.29 is 0 Å². The molecular weight excluding hydrogens is 383 g/mol. The molecule has 2 nitrogen and oxygen atoms in total. The number of nitrogens with zero attached hydrogens (tertiary/aromatic N) is 2. The number of pyridine rings is 2. The Hall–Kier alpha value is -3.22. The lowest BCUT2D eigenvalue weighted by Crippen LogP contribution is -2.00. The van der Waals surface area contributed by atoms with Gasteiger partial charge < -0.3 is 4.40 Å². The summed E-state index contributed by atoms with van der Waals surface area (Å²) in [7, 11) is 2.96. The summed E-state index contributed by atoms with van der Waals surface area (Å²) in [6, 6.07) is 22.1. The quantitative estimate of drug-likeness (QED) is 0.158. The van der Waals surface area contributed by atoms with Gasteiger partial charge in [0, 0.05) is 27.7 Å². The van der Waals surface area contributed by atoms with Crippen LogP contribution >= 0.6 is 9.24 Å². The van der Waals surface area contributed by atoms with E-state index in [1.165, 1.54) is 70.7 Å². The minimum Gasteiger partial charge on any atom is -0.308 e. The highest BCUT2D eigenvalue weighted by Crippen LogP contribution is 2.42. The monoisotopic (exact) mass is 402 g/mol. The summed E-state index contributed by atoms with van der Waals surface area (Å²) >= 11 is 0. The van der Waals surface area contributed by atoms with Crippen molar-refractivity contribution >= 4 is 74.3 Å². The molecule has 0 fully saturated rings. The van der Waals surface area contributed by atoms with Gasteiger partial charge >= 0.3 is 0 Å². The van der Waals surface area contributed by atoms with E-state index in [-0.39, 0.29) is 0 Å². The van der Waals surface area contributed by atoms with Crippen molar-refractivity contribution in [2.45, 2.75) is 13.8 Å². The first-order valence-electron chi connectivity index (χ1n) is 10.3. The summed E-state index contributed by atoms with van der Waals surface area (Å²) in [4.78, 5) is 4.91. The number of fused-ring (bicyclic) bond motifs is 7. The molecule has 1 atom stereocenters. The SMILES string of the molecule is Cc1cccc2cc3c4nccc5cc(P)c6c7ccccc7n(c3c(C)c12)c6c54. The molecule has 0 aliphatic heterocycles. The molecule has 7 rings (SSSR count). The van der Waals surface area contributed by atoms with Crippen molar-refractivity contribution in [3.05, 3.63) is 78.0 Å². The van der Waals surface area contributed by atoms with Gasteiger partial charge in [0.1, 0.15) is 0 Å². The van der Waals surface area contributed by atoms with Gasteiger partial charge in [0.15, 0.2) is 0 Å². The van der Waals surface area contributed by atoms with Crippen LogP contribution in [0.5, 0.6) is 0 Å². The Balaban J connectivity index is 1.98. The van der Waals surface area contributed by atoms with Gasteiger partial charge in [-0.05, 0) is 70.7 Å². The van der Waals surface area contributed by atoms with E-state index in [9.17, 15) is 0 Å². The van der Waals surface area contributed by atoms with Gasteiger partial charge in [-0.2, -0.15) is 0 Å². The maximum atomic E-state index is 4.91. The largest absolute Gasteiger partial charge is 0.308 e. The lowest BCUT2D eigenvalue weighted by atomic mass is 9.95. The molecule has 4 aromatic carbocycles. The maximum absolute atomic E-state index is 4.91. The molecule has 0 spiro atoms. The first-order valence-corrected chi connectivity index (χ1v) is 10.9. The molecular formula is C27H19N2P. The van der Waals surface area contributed by atoms with Crippen molar-refractivity contribution in [3.8, 4) is 0 Å². The Morgan fingerprint density at radius 3 is 2.50 bits per heavy atom.